The lowest BCUT2D eigenvalue weighted by Crippen LogP contribution is -2.45. The van der Waals surface area contributed by atoms with E-state index in [1.165, 1.54) is 44.3 Å². The third-order valence-electron chi connectivity index (χ3n) is 4.80. The average molecular weight is 262 g/mol. The molecule has 0 amide bonds. The Hall–Kier alpha value is -0.870. The lowest BCUT2D eigenvalue weighted by atomic mass is 9.98. The number of aryl methyl sites for hydroxylation is 1. The van der Waals surface area contributed by atoms with Gasteiger partial charge in [0.05, 0.1) is 6.20 Å². The molecule has 19 heavy (non-hydrogen) atoms. The van der Waals surface area contributed by atoms with Crippen molar-refractivity contribution in [3.8, 4) is 0 Å². The van der Waals surface area contributed by atoms with E-state index in [0.717, 1.165) is 12.6 Å². The molecule has 4 heteroatoms. The first kappa shape index (κ1) is 13.1. The molecule has 0 bridgehead atoms. The number of fused-ring (bicyclic) bond motifs is 1. The molecule has 0 aromatic carbocycles. The molecule has 2 aliphatic rings. The number of rotatable bonds is 4. The third-order valence-corrected chi connectivity index (χ3v) is 4.80. The molecule has 2 aliphatic heterocycles. The van der Waals surface area contributed by atoms with Gasteiger partial charge in [0.1, 0.15) is 0 Å². The van der Waals surface area contributed by atoms with Gasteiger partial charge in [0.15, 0.2) is 0 Å². The highest BCUT2D eigenvalue weighted by Crippen LogP contribution is 2.28. The van der Waals surface area contributed by atoms with E-state index in [0.29, 0.717) is 12.1 Å². The summed E-state index contributed by atoms with van der Waals surface area (Å²) in [6.45, 7) is 7.94. The molecular weight excluding hydrogens is 236 g/mol. The molecule has 3 atom stereocenters. The number of nitrogens with one attached hydrogen (secondary N) is 1. The van der Waals surface area contributed by atoms with Crippen molar-refractivity contribution in [3.05, 3.63) is 18.0 Å². The second-order valence-electron chi connectivity index (χ2n) is 6.01. The zero-order chi connectivity index (χ0) is 13.2. The smallest absolute Gasteiger partial charge is 0.0537 e. The maximum Gasteiger partial charge on any atom is 0.0537 e. The molecule has 106 valence electrons. The van der Waals surface area contributed by atoms with Crippen molar-refractivity contribution >= 4 is 0 Å². The van der Waals surface area contributed by atoms with Crippen molar-refractivity contribution in [2.45, 2.75) is 64.2 Å². The molecule has 1 N–H and O–H groups in total. The number of aromatic nitrogens is 2. The van der Waals surface area contributed by atoms with E-state index in [1.54, 1.807) is 0 Å². The highest BCUT2D eigenvalue weighted by atomic mass is 15.3. The molecule has 0 aliphatic carbocycles. The highest BCUT2D eigenvalue weighted by Gasteiger charge is 2.35. The van der Waals surface area contributed by atoms with Crippen LogP contribution >= 0.6 is 0 Å². The first-order chi connectivity index (χ1) is 9.28. The van der Waals surface area contributed by atoms with Crippen LogP contribution in [0.15, 0.2) is 12.4 Å². The van der Waals surface area contributed by atoms with Crippen LogP contribution in [-0.4, -0.2) is 39.9 Å². The van der Waals surface area contributed by atoms with Gasteiger partial charge in [-0.15, -0.1) is 0 Å². The minimum Gasteiger partial charge on any atom is -0.306 e. The summed E-state index contributed by atoms with van der Waals surface area (Å²) in [5, 5.41) is 8.21. The van der Waals surface area contributed by atoms with Crippen molar-refractivity contribution in [3.63, 3.8) is 0 Å². The summed E-state index contributed by atoms with van der Waals surface area (Å²) < 4.78 is 2.01. The summed E-state index contributed by atoms with van der Waals surface area (Å²) in [6, 6.07) is 1.85. The van der Waals surface area contributed by atoms with E-state index < -0.39 is 0 Å². The van der Waals surface area contributed by atoms with E-state index >= 15 is 0 Å². The monoisotopic (exact) mass is 262 g/mol. The van der Waals surface area contributed by atoms with Crippen molar-refractivity contribution in [1.82, 2.24) is 20.0 Å². The molecule has 1 aromatic heterocycles. The standard InChI is InChI=1S/C15H26N4/c1-3-19-11-13(10-16-19)12(2)17-14-7-9-18-8-5-4-6-15(14)18/h10-12,14-15,17H,3-9H2,1-2H3. The summed E-state index contributed by atoms with van der Waals surface area (Å²) in [7, 11) is 0. The summed E-state index contributed by atoms with van der Waals surface area (Å²) in [4.78, 5) is 2.68. The Balaban J connectivity index is 1.61. The summed E-state index contributed by atoms with van der Waals surface area (Å²) in [5.74, 6) is 0. The van der Waals surface area contributed by atoms with Crippen LogP contribution in [0.5, 0.6) is 0 Å². The van der Waals surface area contributed by atoms with Gasteiger partial charge in [-0.25, -0.2) is 0 Å². The summed E-state index contributed by atoms with van der Waals surface area (Å²) >= 11 is 0. The zero-order valence-electron chi connectivity index (χ0n) is 12.2. The Morgan fingerprint density at radius 3 is 3.05 bits per heavy atom. The van der Waals surface area contributed by atoms with Gasteiger partial charge in [-0.05, 0) is 39.7 Å². The SMILES string of the molecule is CCn1cc(C(C)NC2CCN3CCCCC23)cn1. The Kier molecular flexibility index (Phi) is 3.89. The Bertz CT molecular complexity index is 414. The lowest BCUT2D eigenvalue weighted by molar-refractivity contribution is 0.177. The molecule has 0 radical (unpaired) electrons. The van der Waals surface area contributed by atoms with E-state index in [-0.39, 0.29) is 0 Å². The molecular formula is C15H26N4. The molecule has 4 nitrogen and oxygen atoms in total. The van der Waals surface area contributed by atoms with Crippen molar-refractivity contribution in [1.29, 1.82) is 0 Å². The van der Waals surface area contributed by atoms with Crippen molar-refractivity contribution in [2.24, 2.45) is 0 Å². The van der Waals surface area contributed by atoms with Crippen molar-refractivity contribution in [2.75, 3.05) is 13.1 Å². The van der Waals surface area contributed by atoms with Gasteiger partial charge < -0.3 is 5.32 Å². The fourth-order valence-electron chi connectivity index (χ4n) is 3.64. The van der Waals surface area contributed by atoms with Crippen molar-refractivity contribution < 1.29 is 0 Å². The van der Waals surface area contributed by atoms with Gasteiger partial charge in [0.25, 0.3) is 0 Å². The third kappa shape index (κ3) is 2.70. The topological polar surface area (TPSA) is 33.1 Å². The number of nitrogens with zero attached hydrogens (tertiary/aromatic N) is 3. The van der Waals surface area contributed by atoms with E-state index in [2.05, 4.69) is 35.4 Å². The van der Waals surface area contributed by atoms with E-state index in [9.17, 15) is 0 Å². The maximum absolute atomic E-state index is 4.38. The summed E-state index contributed by atoms with van der Waals surface area (Å²) in [6.07, 6.45) is 9.65. The van der Waals surface area contributed by atoms with Crippen LogP contribution in [0.3, 0.4) is 0 Å². The minimum absolute atomic E-state index is 0.409. The molecule has 3 rings (SSSR count). The molecule has 3 heterocycles. The van der Waals surface area contributed by atoms with Crippen LogP contribution < -0.4 is 5.32 Å². The number of piperidine rings is 1. The average Bonchev–Trinajstić information content (AvgIpc) is 3.06. The van der Waals surface area contributed by atoms with E-state index in [4.69, 9.17) is 0 Å². The zero-order valence-corrected chi connectivity index (χ0v) is 12.2. The second-order valence-corrected chi connectivity index (χ2v) is 6.01. The van der Waals surface area contributed by atoms with Gasteiger partial charge in [-0.3, -0.25) is 9.58 Å². The van der Waals surface area contributed by atoms with Crippen LogP contribution in [0.25, 0.3) is 0 Å². The first-order valence-electron chi connectivity index (χ1n) is 7.80. The first-order valence-corrected chi connectivity index (χ1v) is 7.80. The van der Waals surface area contributed by atoms with Gasteiger partial charge in [-0.1, -0.05) is 6.42 Å². The normalized spacial score (nSPS) is 29.4. The Morgan fingerprint density at radius 1 is 1.37 bits per heavy atom. The molecule has 0 saturated carbocycles. The predicted molar refractivity (Wildman–Crippen MR) is 77.1 cm³/mol. The molecule has 0 spiro atoms. The molecule has 2 saturated heterocycles. The molecule has 3 unspecified atom stereocenters. The van der Waals surface area contributed by atoms with Gasteiger partial charge in [0.2, 0.25) is 0 Å². The van der Waals surface area contributed by atoms with Crippen LogP contribution in [-0.2, 0) is 6.54 Å². The van der Waals surface area contributed by atoms with Crippen LogP contribution in [0.2, 0.25) is 0 Å². The Morgan fingerprint density at radius 2 is 2.26 bits per heavy atom. The van der Waals surface area contributed by atoms with E-state index in [1.807, 2.05) is 10.9 Å². The maximum atomic E-state index is 4.38. The summed E-state index contributed by atoms with van der Waals surface area (Å²) in [5.41, 5.74) is 1.32. The van der Waals surface area contributed by atoms with Gasteiger partial charge >= 0.3 is 0 Å². The Labute approximate surface area is 116 Å². The fraction of sp³-hybridized carbons (Fsp3) is 0.800. The lowest BCUT2D eigenvalue weighted by Gasteiger charge is -2.33. The molecule has 2 fully saturated rings. The molecule has 1 aromatic rings. The minimum atomic E-state index is 0.409. The van der Waals surface area contributed by atoms with Crippen LogP contribution in [0.4, 0.5) is 0 Å². The van der Waals surface area contributed by atoms with Crippen LogP contribution in [0, 0.1) is 0 Å². The fourth-order valence-corrected chi connectivity index (χ4v) is 3.64. The largest absolute Gasteiger partial charge is 0.306 e. The number of hydrogen-bond acceptors (Lipinski definition) is 3. The van der Waals surface area contributed by atoms with Gasteiger partial charge in [0, 0.05) is 43.0 Å². The quantitative estimate of drug-likeness (QED) is 0.903. The highest BCUT2D eigenvalue weighted by molar-refractivity contribution is 5.10. The number of hydrogen-bond donors (Lipinski definition) is 1. The van der Waals surface area contributed by atoms with Crippen LogP contribution in [0.1, 0.15) is 51.1 Å². The predicted octanol–water partition coefficient (Wildman–Crippen LogP) is 2.18. The van der Waals surface area contributed by atoms with Gasteiger partial charge in [-0.2, -0.15) is 5.10 Å². The second kappa shape index (κ2) is 5.63.